The van der Waals surface area contributed by atoms with Gasteiger partial charge in [-0.15, -0.1) is 0 Å². The van der Waals surface area contributed by atoms with Gasteiger partial charge in [-0.05, 0) is 36.8 Å². The molecule has 0 aliphatic carbocycles. The molecule has 0 saturated heterocycles. The van der Waals surface area contributed by atoms with Crippen LogP contribution in [0, 0.1) is 6.92 Å². The topological polar surface area (TPSA) is 92.5 Å². The molecule has 3 rings (SSSR count). The maximum Gasteiger partial charge on any atom is 0.423 e. The minimum atomic E-state index is -5.06. The van der Waals surface area contributed by atoms with Crippen LogP contribution in [-0.2, 0) is 12.2 Å². The molecule has 2 aromatic carbocycles. The molecule has 34 heavy (non-hydrogen) atoms. The Balaban J connectivity index is 1.86. The highest BCUT2D eigenvalue weighted by Crippen LogP contribution is 2.49. The lowest BCUT2D eigenvalue weighted by Gasteiger charge is -2.35. The van der Waals surface area contributed by atoms with Crippen LogP contribution in [0.3, 0.4) is 0 Å². The smallest absolute Gasteiger partial charge is 0.423 e. The van der Waals surface area contributed by atoms with Crippen LogP contribution in [0.15, 0.2) is 48.8 Å². The van der Waals surface area contributed by atoms with E-state index in [2.05, 4.69) is 9.97 Å². The van der Waals surface area contributed by atoms with Crippen molar-refractivity contribution >= 4 is 29.2 Å². The van der Waals surface area contributed by atoms with E-state index in [1.807, 2.05) is 0 Å². The fourth-order valence-electron chi connectivity index (χ4n) is 3.33. The van der Waals surface area contributed by atoms with Crippen LogP contribution < -0.4 is 4.74 Å². The lowest BCUT2D eigenvalue weighted by Crippen LogP contribution is -2.47. The summed E-state index contributed by atoms with van der Waals surface area (Å²) in [6.45, 7) is 2.73. The number of hydrogen-bond acceptors (Lipinski definition) is 5. The molecule has 0 saturated carbocycles. The summed E-state index contributed by atoms with van der Waals surface area (Å²) in [5, 5.41) is 19.9. The predicted molar refractivity (Wildman–Crippen MR) is 119 cm³/mol. The molecular weight excluding hydrogens is 496 g/mol. The Morgan fingerprint density at radius 3 is 2.32 bits per heavy atom. The number of aromatic nitrogens is 2. The average Bonchev–Trinajstić information content (AvgIpc) is 2.77. The molecule has 0 amide bonds. The molecule has 11 heteroatoms. The Bertz CT molecular complexity index is 1210. The highest BCUT2D eigenvalue weighted by molar-refractivity contribution is 6.32. The first kappa shape index (κ1) is 25.7. The quantitative estimate of drug-likeness (QED) is 0.406. The van der Waals surface area contributed by atoms with E-state index >= 15 is 0 Å². The van der Waals surface area contributed by atoms with E-state index in [1.54, 1.807) is 6.92 Å². The molecule has 2 atom stereocenters. The summed E-state index contributed by atoms with van der Waals surface area (Å²) < 4.78 is 47.7. The van der Waals surface area contributed by atoms with Gasteiger partial charge in [-0.3, -0.25) is 9.97 Å². The summed E-state index contributed by atoms with van der Waals surface area (Å²) in [6.07, 6.45) is -3.02. The molecule has 1 aromatic heterocycles. The highest BCUT2D eigenvalue weighted by Gasteiger charge is 2.60. The van der Waals surface area contributed by atoms with Crippen molar-refractivity contribution in [2.24, 2.45) is 0 Å². The van der Waals surface area contributed by atoms with Crippen LogP contribution in [-0.4, -0.2) is 32.3 Å². The van der Waals surface area contributed by atoms with Crippen LogP contribution in [0.2, 0.25) is 10.0 Å². The van der Waals surface area contributed by atoms with Crippen LogP contribution in [0.1, 0.15) is 45.7 Å². The molecule has 3 aromatic rings. The third kappa shape index (κ3) is 5.11. The number of carbonyl (C=O) groups is 1. The number of halogens is 5. The van der Waals surface area contributed by atoms with Gasteiger partial charge < -0.3 is 14.9 Å². The number of hydrogen-bond donors (Lipinski definition) is 2. The molecule has 0 fully saturated rings. The van der Waals surface area contributed by atoms with Gasteiger partial charge in [-0.1, -0.05) is 42.3 Å². The van der Waals surface area contributed by atoms with Crippen molar-refractivity contribution in [1.29, 1.82) is 0 Å². The van der Waals surface area contributed by atoms with Crippen molar-refractivity contribution in [3.05, 3.63) is 86.9 Å². The van der Waals surface area contributed by atoms with E-state index in [-0.39, 0.29) is 33.5 Å². The monoisotopic (exact) mass is 514 g/mol. The average molecular weight is 515 g/mol. The first-order chi connectivity index (χ1) is 15.8. The van der Waals surface area contributed by atoms with Crippen molar-refractivity contribution in [3.63, 3.8) is 0 Å². The number of nitrogens with zero attached hydrogens (tertiary/aromatic N) is 2. The summed E-state index contributed by atoms with van der Waals surface area (Å²) in [5.41, 5.74) is -3.03. The number of carboxylic acid groups (broad SMARTS) is 1. The Morgan fingerprint density at radius 2 is 1.79 bits per heavy atom. The number of carboxylic acids is 1. The van der Waals surface area contributed by atoms with E-state index in [0.717, 1.165) is 12.4 Å². The zero-order valence-corrected chi connectivity index (χ0v) is 19.4. The maximum absolute atomic E-state index is 14.0. The fraction of sp³-hybridized carbons (Fsp3) is 0.261. The molecule has 6 nitrogen and oxygen atoms in total. The minimum Gasteiger partial charge on any atom is -0.489 e. The Labute approximate surface area is 203 Å². The lowest BCUT2D eigenvalue weighted by molar-refractivity contribution is -0.276. The van der Waals surface area contributed by atoms with Crippen LogP contribution in [0.4, 0.5) is 13.2 Å². The van der Waals surface area contributed by atoms with E-state index in [4.69, 9.17) is 33.0 Å². The molecule has 2 N–H and O–H groups in total. The number of alkyl halides is 3. The van der Waals surface area contributed by atoms with Crippen molar-refractivity contribution in [2.75, 3.05) is 0 Å². The normalized spacial score (nSPS) is 14.4. The molecule has 0 bridgehead atoms. The van der Waals surface area contributed by atoms with Crippen molar-refractivity contribution in [1.82, 2.24) is 9.97 Å². The fourth-order valence-corrected chi connectivity index (χ4v) is 3.90. The van der Waals surface area contributed by atoms with Gasteiger partial charge in [0.25, 0.3) is 0 Å². The van der Waals surface area contributed by atoms with Gasteiger partial charge in [0.2, 0.25) is 5.60 Å². The second-order valence-electron chi connectivity index (χ2n) is 7.61. The van der Waals surface area contributed by atoms with Gasteiger partial charge in [0, 0.05) is 27.7 Å². The molecule has 0 spiro atoms. The summed E-state index contributed by atoms with van der Waals surface area (Å²) in [6, 6.07) is 8.22. The van der Waals surface area contributed by atoms with Gasteiger partial charge in [-0.25, -0.2) is 4.79 Å². The SMILES string of the molecule is Cc1cnc([C@](O)([C@H](C)c2ccc(OCc3ccc(C(=O)O)cc3Cl)cc2Cl)C(F)(F)F)cn1. The Kier molecular flexibility index (Phi) is 7.40. The molecule has 180 valence electrons. The summed E-state index contributed by atoms with van der Waals surface area (Å²) in [7, 11) is 0. The molecule has 0 unspecified atom stereocenters. The standard InChI is InChI=1S/C23H19Cl2F3N2O4/c1-12-9-30-20(10-29-12)22(33,23(26,27)28)13(2)17-6-5-16(8-19(17)25)34-11-15-4-3-14(21(31)32)7-18(15)24/h3-10,13,33H,11H2,1-2H3,(H,31,32)/t13-,22-/m1/s1. The second-order valence-corrected chi connectivity index (χ2v) is 8.43. The van der Waals surface area contributed by atoms with E-state index in [1.165, 1.54) is 43.3 Å². The number of benzene rings is 2. The molecule has 0 aliphatic rings. The molecular formula is C23H19Cl2F3N2O4. The first-order valence-corrected chi connectivity index (χ1v) is 10.6. The van der Waals surface area contributed by atoms with Crippen LogP contribution >= 0.6 is 23.2 Å². The summed E-state index contributed by atoms with van der Waals surface area (Å²) in [5.74, 6) is -2.41. The summed E-state index contributed by atoms with van der Waals surface area (Å²) in [4.78, 5) is 18.6. The Hall–Kier alpha value is -2.88. The van der Waals surface area contributed by atoms with Crippen molar-refractivity contribution in [3.8, 4) is 5.75 Å². The van der Waals surface area contributed by atoms with Crippen molar-refractivity contribution < 1.29 is 32.9 Å². The molecule has 1 heterocycles. The van der Waals surface area contributed by atoms with Crippen molar-refractivity contribution in [2.45, 2.75) is 38.1 Å². The van der Waals surface area contributed by atoms with Crippen LogP contribution in [0.25, 0.3) is 0 Å². The lowest BCUT2D eigenvalue weighted by atomic mass is 9.80. The molecule has 0 radical (unpaired) electrons. The summed E-state index contributed by atoms with van der Waals surface area (Å²) >= 11 is 12.4. The highest BCUT2D eigenvalue weighted by atomic mass is 35.5. The third-order valence-corrected chi connectivity index (χ3v) is 6.04. The maximum atomic E-state index is 14.0. The number of ether oxygens (including phenoxy) is 1. The van der Waals surface area contributed by atoms with E-state index in [9.17, 15) is 23.1 Å². The number of aryl methyl sites for hydroxylation is 1. The van der Waals surface area contributed by atoms with E-state index < -0.39 is 29.4 Å². The third-order valence-electron chi connectivity index (χ3n) is 5.36. The zero-order valence-electron chi connectivity index (χ0n) is 17.9. The number of aromatic carboxylic acids is 1. The van der Waals surface area contributed by atoms with Gasteiger partial charge in [0.1, 0.15) is 18.1 Å². The predicted octanol–water partition coefficient (Wildman–Crippen LogP) is 5.92. The van der Waals surface area contributed by atoms with Gasteiger partial charge in [0.15, 0.2) is 0 Å². The van der Waals surface area contributed by atoms with Gasteiger partial charge in [-0.2, -0.15) is 13.2 Å². The zero-order chi connectivity index (χ0) is 25.3. The number of aliphatic hydroxyl groups is 1. The van der Waals surface area contributed by atoms with Gasteiger partial charge >= 0.3 is 12.1 Å². The van der Waals surface area contributed by atoms with E-state index in [0.29, 0.717) is 11.3 Å². The van der Waals surface area contributed by atoms with Gasteiger partial charge in [0.05, 0.1) is 17.5 Å². The largest absolute Gasteiger partial charge is 0.489 e. The molecule has 0 aliphatic heterocycles. The second kappa shape index (κ2) is 9.77. The number of rotatable bonds is 7. The Morgan fingerprint density at radius 1 is 1.09 bits per heavy atom. The van der Waals surface area contributed by atoms with Crippen LogP contribution in [0.5, 0.6) is 5.75 Å². The minimum absolute atomic E-state index is 0.0190. The first-order valence-electron chi connectivity index (χ1n) is 9.86.